The molecule has 7 heteroatoms. The van der Waals surface area contributed by atoms with Crippen molar-refractivity contribution in [2.24, 2.45) is 0 Å². The topological polar surface area (TPSA) is 75.3 Å². The fourth-order valence-corrected chi connectivity index (χ4v) is 3.62. The first-order chi connectivity index (χ1) is 13.1. The highest BCUT2D eigenvalue weighted by atomic mass is 32.1. The van der Waals surface area contributed by atoms with Gasteiger partial charge in [-0.05, 0) is 41.5 Å². The van der Waals surface area contributed by atoms with Crippen molar-refractivity contribution >= 4 is 27.5 Å². The van der Waals surface area contributed by atoms with E-state index in [1.54, 1.807) is 20.0 Å². The van der Waals surface area contributed by atoms with Gasteiger partial charge >= 0.3 is 0 Å². The van der Waals surface area contributed by atoms with E-state index >= 15 is 0 Å². The zero-order valence-electron chi connectivity index (χ0n) is 16.8. The number of fused-ring (bicyclic) bond motifs is 1. The Bertz CT molecular complexity index is 1030. The summed E-state index contributed by atoms with van der Waals surface area (Å²) in [5, 5.41) is 1.83. The normalized spacial score (nSPS) is 12.8. The third-order valence-corrected chi connectivity index (χ3v) is 5.41. The number of hydrogen-bond acceptors (Lipinski definition) is 5. The number of ether oxygens (including phenoxy) is 1. The summed E-state index contributed by atoms with van der Waals surface area (Å²) in [6.45, 7) is 8.37. The van der Waals surface area contributed by atoms with Crippen LogP contribution >= 0.6 is 11.3 Å². The molecule has 3 rings (SSSR count). The quantitative estimate of drug-likeness (QED) is 0.710. The van der Waals surface area contributed by atoms with Gasteiger partial charge in [0.15, 0.2) is 6.10 Å². The van der Waals surface area contributed by atoms with E-state index in [2.05, 4.69) is 30.7 Å². The van der Waals surface area contributed by atoms with Crippen molar-refractivity contribution in [3.8, 4) is 5.75 Å². The van der Waals surface area contributed by atoms with Crippen LogP contribution in [0, 0.1) is 0 Å². The number of aromatic nitrogens is 2. The number of hydrogen-bond donors (Lipinski definition) is 1. The summed E-state index contributed by atoms with van der Waals surface area (Å²) < 4.78 is 6.39. The Kier molecular flexibility index (Phi) is 5.56. The van der Waals surface area contributed by atoms with Crippen molar-refractivity contribution in [2.75, 3.05) is 7.05 Å². The van der Waals surface area contributed by atoms with E-state index in [9.17, 15) is 9.59 Å². The highest BCUT2D eigenvalue weighted by Crippen LogP contribution is 2.24. The number of thiophene rings is 1. The van der Waals surface area contributed by atoms with Gasteiger partial charge in [0.25, 0.3) is 11.5 Å². The lowest BCUT2D eigenvalue weighted by Gasteiger charge is -2.23. The molecular formula is C21H25N3O3S. The van der Waals surface area contributed by atoms with Crippen LogP contribution in [0.25, 0.3) is 10.2 Å². The van der Waals surface area contributed by atoms with Gasteiger partial charge in [0.2, 0.25) is 0 Å². The summed E-state index contributed by atoms with van der Waals surface area (Å²) in [5.74, 6) is 0.912. The number of likely N-dealkylation sites (N-methyl/N-ethyl adjacent to an activating group) is 1. The number of aromatic amines is 1. The lowest BCUT2D eigenvalue weighted by molar-refractivity contribution is -0.137. The van der Waals surface area contributed by atoms with Gasteiger partial charge in [0.1, 0.15) is 16.3 Å². The maximum Gasteiger partial charge on any atom is 0.268 e. The Morgan fingerprint density at radius 3 is 2.57 bits per heavy atom. The van der Waals surface area contributed by atoms with Crippen LogP contribution in [0.5, 0.6) is 5.75 Å². The SMILES string of the molecule is CC(Oc1ccc(C(C)(C)C)cc1)C(=O)N(C)Cc1nc2ccsc2c(=O)[nH]1. The minimum atomic E-state index is -0.651. The molecule has 0 aliphatic carbocycles. The summed E-state index contributed by atoms with van der Waals surface area (Å²) in [4.78, 5) is 33.4. The second kappa shape index (κ2) is 7.75. The lowest BCUT2D eigenvalue weighted by Crippen LogP contribution is -2.38. The first kappa shape index (κ1) is 20.1. The van der Waals surface area contributed by atoms with Crippen LogP contribution in [0.3, 0.4) is 0 Å². The smallest absolute Gasteiger partial charge is 0.268 e. The molecule has 6 nitrogen and oxygen atoms in total. The largest absolute Gasteiger partial charge is 0.481 e. The molecule has 1 atom stereocenters. The van der Waals surface area contributed by atoms with Crippen LogP contribution in [0.2, 0.25) is 0 Å². The molecule has 1 amide bonds. The zero-order chi connectivity index (χ0) is 20.5. The highest BCUT2D eigenvalue weighted by molar-refractivity contribution is 7.17. The van der Waals surface area contributed by atoms with E-state index < -0.39 is 6.10 Å². The molecule has 1 aromatic carbocycles. The van der Waals surface area contributed by atoms with Gasteiger partial charge in [0.05, 0.1) is 12.1 Å². The minimum Gasteiger partial charge on any atom is -0.481 e. The van der Waals surface area contributed by atoms with E-state index in [4.69, 9.17) is 4.74 Å². The molecule has 0 bridgehead atoms. The minimum absolute atomic E-state index is 0.0632. The summed E-state index contributed by atoms with van der Waals surface area (Å²) in [6.07, 6.45) is -0.651. The lowest BCUT2D eigenvalue weighted by atomic mass is 9.87. The Morgan fingerprint density at radius 1 is 1.25 bits per heavy atom. The second-order valence-corrected chi connectivity index (χ2v) is 8.79. The van der Waals surface area contributed by atoms with E-state index in [1.807, 2.05) is 29.6 Å². The zero-order valence-corrected chi connectivity index (χ0v) is 17.6. The molecule has 148 valence electrons. The third-order valence-electron chi connectivity index (χ3n) is 4.51. The van der Waals surface area contributed by atoms with E-state index in [-0.39, 0.29) is 23.4 Å². The average Bonchev–Trinajstić information content (AvgIpc) is 3.09. The fourth-order valence-electron chi connectivity index (χ4n) is 2.90. The third kappa shape index (κ3) is 4.42. The van der Waals surface area contributed by atoms with Gasteiger partial charge in [0, 0.05) is 7.05 Å². The number of amides is 1. The number of nitrogens with one attached hydrogen (secondary N) is 1. The maximum absolute atomic E-state index is 12.7. The second-order valence-electron chi connectivity index (χ2n) is 7.88. The van der Waals surface area contributed by atoms with Crippen LogP contribution in [-0.4, -0.2) is 33.9 Å². The summed E-state index contributed by atoms with van der Waals surface area (Å²) >= 11 is 1.35. The Hall–Kier alpha value is -2.67. The molecule has 1 unspecified atom stereocenters. The molecule has 0 saturated carbocycles. The Balaban J connectivity index is 1.65. The van der Waals surface area contributed by atoms with Crippen LogP contribution in [-0.2, 0) is 16.8 Å². The van der Waals surface area contributed by atoms with Crippen molar-refractivity contribution in [3.05, 3.63) is 57.5 Å². The first-order valence-corrected chi connectivity index (χ1v) is 10.0. The number of carbonyl (C=O) groups excluding carboxylic acids is 1. The van der Waals surface area contributed by atoms with Gasteiger partial charge in [-0.3, -0.25) is 9.59 Å². The van der Waals surface area contributed by atoms with Crippen molar-refractivity contribution < 1.29 is 9.53 Å². The van der Waals surface area contributed by atoms with Gasteiger partial charge in [-0.25, -0.2) is 4.98 Å². The van der Waals surface area contributed by atoms with Crippen molar-refractivity contribution in [3.63, 3.8) is 0 Å². The molecule has 28 heavy (non-hydrogen) atoms. The fraction of sp³-hybridized carbons (Fsp3) is 0.381. The molecule has 2 heterocycles. The Labute approximate surface area is 168 Å². The van der Waals surface area contributed by atoms with Gasteiger partial charge < -0.3 is 14.6 Å². The molecule has 0 fully saturated rings. The van der Waals surface area contributed by atoms with Gasteiger partial charge in [-0.1, -0.05) is 32.9 Å². The average molecular weight is 400 g/mol. The van der Waals surface area contributed by atoms with E-state index in [0.717, 1.165) is 0 Å². The maximum atomic E-state index is 12.7. The molecule has 0 aliphatic heterocycles. The summed E-state index contributed by atoms with van der Waals surface area (Å²) in [7, 11) is 1.67. The van der Waals surface area contributed by atoms with Crippen molar-refractivity contribution in [1.29, 1.82) is 0 Å². The Morgan fingerprint density at radius 2 is 1.93 bits per heavy atom. The highest BCUT2D eigenvalue weighted by Gasteiger charge is 2.21. The molecule has 0 spiro atoms. The molecule has 0 aliphatic rings. The molecule has 1 N–H and O–H groups in total. The number of nitrogens with zero attached hydrogens (tertiary/aromatic N) is 2. The van der Waals surface area contributed by atoms with Crippen LogP contribution in [0.1, 0.15) is 39.1 Å². The standard InChI is InChI=1S/C21H25N3O3S/c1-13(27-15-8-6-14(7-9-15)21(2,3)4)20(26)24(5)12-17-22-16-10-11-28-18(16)19(25)23-17/h6-11,13H,12H2,1-5H3,(H,22,23,25). The van der Waals surface area contributed by atoms with Crippen LogP contribution < -0.4 is 10.3 Å². The number of rotatable bonds is 5. The molecule has 0 radical (unpaired) electrons. The number of H-pyrrole nitrogens is 1. The number of carbonyl (C=O) groups is 1. The van der Waals surface area contributed by atoms with Crippen molar-refractivity contribution in [2.45, 2.75) is 45.8 Å². The van der Waals surface area contributed by atoms with E-state index in [0.29, 0.717) is 21.8 Å². The predicted octanol–water partition coefficient (Wildman–Crippen LogP) is 3.71. The molecule has 2 aromatic heterocycles. The van der Waals surface area contributed by atoms with Gasteiger partial charge in [-0.2, -0.15) is 0 Å². The summed E-state index contributed by atoms with van der Waals surface area (Å²) in [6, 6.07) is 9.59. The van der Waals surface area contributed by atoms with Crippen molar-refractivity contribution in [1.82, 2.24) is 14.9 Å². The summed E-state index contributed by atoms with van der Waals surface area (Å²) in [5.41, 5.74) is 1.73. The van der Waals surface area contributed by atoms with Gasteiger partial charge in [-0.15, -0.1) is 11.3 Å². The first-order valence-electron chi connectivity index (χ1n) is 9.14. The molecule has 0 saturated heterocycles. The predicted molar refractivity (Wildman–Crippen MR) is 112 cm³/mol. The van der Waals surface area contributed by atoms with Crippen LogP contribution in [0.4, 0.5) is 0 Å². The van der Waals surface area contributed by atoms with E-state index in [1.165, 1.54) is 21.8 Å². The van der Waals surface area contributed by atoms with Crippen LogP contribution in [0.15, 0.2) is 40.5 Å². The molecule has 3 aromatic rings. The molecular weight excluding hydrogens is 374 g/mol. The monoisotopic (exact) mass is 399 g/mol. The number of benzene rings is 1.